The summed E-state index contributed by atoms with van der Waals surface area (Å²) in [4.78, 5) is 20.8. The van der Waals surface area contributed by atoms with Gasteiger partial charge >= 0.3 is 0 Å². The number of pyridine rings is 1. The van der Waals surface area contributed by atoms with Crippen molar-refractivity contribution in [1.82, 2.24) is 4.98 Å². The Morgan fingerprint density at radius 1 is 1.46 bits per heavy atom. The molecule has 0 radical (unpaired) electrons. The maximum Gasteiger partial charge on any atom is 0.282 e. The molecule has 8 nitrogen and oxygen atoms in total. The Bertz CT molecular complexity index is 1000. The monoisotopic (exact) mass is 383 g/mol. The molecule has 1 aromatic carbocycles. The van der Waals surface area contributed by atoms with Crippen molar-refractivity contribution in [3.05, 3.63) is 52.6 Å². The van der Waals surface area contributed by atoms with E-state index in [2.05, 4.69) is 15.3 Å². The highest BCUT2D eigenvalue weighted by atomic mass is 19.1. The van der Waals surface area contributed by atoms with Crippen molar-refractivity contribution in [2.75, 3.05) is 19.0 Å². The first-order valence-corrected chi connectivity index (χ1v) is 8.44. The molecule has 3 N–H and O–H groups in total. The van der Waals surface area contributed by atoms with Crippen LogP contribution >= 0.6 is 0 Å². The smallest absolute Gasteiger partial charge is 0.282 e. The van der Waals surface area contributed by atoms with Crippen LogP contribution in [0.15, 0.2) is 29.4 Å². The van der Waals surface area contributed by atoms with Gasteiger partial charge in [-0.15, -0.1) is 0 Å². The average Bonchev–Trinajstić information content (AvgIpc) is 2.69. The van der Waals surface area contributed by atoms with Crippen LogP contribution in [0.5, 0.6) is 5.75 Å². The number of carbonyl (C=O) groups excluding carboxylic acids is 1. The molecule has 1 aliphatic rings. The fourth-order valence-electron chi connectivity index (χ4n) is 2.89. The SMILES string of the molecule is COc1cc(C#N)cnc1C(=O)Nc1cc(C)c(F)c(C2CCOC(N)=N2)c1. The fraction of sp³-hybridized carbons (Fsp3) is 0.263. The van der Waals surface area contributed by atoms with Crippen molar-refractivity contribution in [3.8, 4) is 11.8 Å². The number of nitriles is 1. The lowest BCUT2D eigenvalue weighted by Gasteiger charge is -2.21. The molecule has 1 atom stereocenters. The molecule has 0 spiro atoms. The van der Waals surface area contributed by atoms with Crippen molar-refractivity contribution in [1.29, 1.82) is 5.26 Å². The van der Waals surface area contributed by atoms with E-state index in [9.17, 15) is 9.18 Å². The van der Waals surface area contributed by atoms with Gasteiger partial charge in [0.05, 0.1) is 25.3 Å². The Balaban J connectivity index is 1.92. The number of carbonyl (C=O) groups is 1. The number of anilines is 1. The quantitative estimate of drug-likeness (QED) is 0.836. The molecule has 2 heterocycles. The van der Waals surface area contributed by atoms with E-state index in [4.69, 9.17) is 20.5 Å². The van der Waals surface area contributed by atoms with Gasteiger partial charge in [-0.25, -0.2) is 14.4 Å². The Labute approximate surface area is 160 Å². The van der Waals surface area contributed by atoms with Crippen LogP contribution in [0.25, 0.3) is 0 Å². The second-order valence-corrected chi connectivity index (χ2v) is 6.16. The van der Waals surface area contributed by atoms with Gasteiger partial charge in [-0.05, 0) is 24.6 Å². The number of amidine groups is 1. The van der Waals surface area contributed by atoms with Gasteiger partial charge in [0.2, 0.25) is 0 Å². The van der Waals surface area contributed by atoms with Crippen LogP contribution in [0.1, 0.15) is 39.6 Å². The number of amides is 1. The summed E-state index contributed by atoms with van der Waals surface area (Å²) in [6.07, 6.45) is 1.75. The number of halogens is 1. The predicted molar refractivity (Wildman–Crippen MR) is 99.5 cm³/mol. The first-order chi connectivity index (χ1) is 13.4. The maximum atomic E-state index is 14.6. The average molecular weight is 383 g/mol. The minimum atomic E-state index is -0.548. The van der Waals surface area contributed by atoms with Gasteiger partial charge in [0, 0.05) is 29.9 Å². The van der Waals surface area contributed by atoms with Crippen LogP contribution in [0.4, 0.5) is 10.1 Å². The summed E-state index contributed by atoms with van der Waals surface area (Å²) in [6, 6.07) is 5.89. The summed E-state index contributed by atoms with van der Waals surface area (Å²) in [5.41, 5.74) is 6.93. The highest BCUT2D eigenvalue weighted by Gasteiger charge is 2.23. The number of rotatable bonds is 4. The van der Waals surface area contributed by atoms with Gasteiger partial charge in [-0.1, -0.05) is 0 Å². The highest BCUT2D eigenvalue weighted by molar-refractivity contribution is 6.04. The molecule has 1 aliphatic heterocycles. The largest absolute Gasteiger partial charge is 0.494 e. The molecule has 9 heteroatoms. The van der Waals surface area contributed by atoms with E-state index in [1.165, 1.54) is 31.5 Å². The van der Waals surface area contributed by atoms with Crippen molar-refractivity contribution in [2.24, 2.45) is 10.7 Å². The van der Waals surface area contributed by atoms with Crippen molar-refractivity contribution < 1.29 is 18.7 Å². The lowest BCUT2D eigenvalue weighted by Crippen LogP contribution is -2.24. The zero-order valence-electron chi connectivity index (χ0n) is 15.3. The molecular weight excluding hydrogens is 365 g/mol. The Hall–Kier alpha value is -3.67. The molecular formula is C19H18FN5O3. The minimum absolute atomic E-state index is 0.00857. The number of hydrogen-bond acceptors (Lipinski definition) is 7. The van der Waals surface area contributed by atoms with Gasteiger partial charge in [0.15, 0.2) is 11.4 Å². The van der Waals surface area contributed by atoms with Gasteiger partial charge in [-0.2, -0.15) is 5.26 Å². The molecule has 0 saturated carbocycles. The Morgan fingerprint density at radius 3 is 2.93 bits per heavy atom. The summed E-state index contributed by atoms with van der Waals surface area (Å²) in [7, 11) is 1.38. The second kappa shape index (κ2) is 7.92. The first kappa shape index (κ1) is 19.1. The van der Waals surface area contributed by atoms with E-state index >= 15 is 0 Å². The van der Waals surface area contributed by atoms with Crippen molar-refractivity contribution in [2.45, 2.75) is 19.4 Å². The lowest BCUT2D eigenvalue weighted by molar-refractivity contribution is 0.101. The normalized spacial score (nSPS) is 15.8. The van der Waals surface area contributed by atoms with E-state index in [-0.39, 0.29) is 23.0 Å². The van der Waals surface area contributed by atoms with Crippen LogP contribution in [-0.2, 0) is 4.74 Å². The Morgan fingerprint density at radius 2 is 2.25 bits per heavy atom. The van der Waals surface area contributed by atoms with Gasteiger partial charge in [0.25, 0.3) is 11.9 Å². The number of nitrogens with two attached hydrogens (primary N) is 1. The van der Waals surface area contributed by atoms with Crippen LogP contribution in [-0.4, -0.2) is 30.6 Å². The number of benzene rings is 1. The molecule has 1 unspecified atom stereocenters. The predicted octanol–water partition coefficient (Wildman–Crippen LogP) is 2.44. The lowest BCUT2D eigenvalue weighted by atomic mass is 10.00. The molecule has 144 valence electrons. The molecule has 28 heavy (non-hydrogen) atoms. The van der Waals surface area contributed by atoms with E-state index in [0.29, 0.717) is 29.8 Å². The van der Waals surface area contributed by atoms with Gasteiger partial charge < -0.3 is 20.5 Å². The fourth-order valence-corrected chi connectivity index (χ4v) is 2.89. The van der Waals surface area contributed by atoms with E-state index in [1.54, 1.807) is 6.92 Å². The first-order valence-electron chi connectivity index (χ1n) is 8.44. The number of aromatic nitrogens is 1. The number of nitrogens with one attached hydrogen (secondary N) is 1. The molecule has 1 amide bonds. The van der Waals surface area contributed by atoms with Gasteiger partial charge in [-0.3, -0.25) is 4.79 Å². The number of nitrogens with zero attached hydrogens (tertiary/aromatic N) is 3. The molecule has 2 aromatic rings. The molecule has 0 fully saturated rings. The standard InChI is InChI=1S/C19H18FN5O3/c1-10-5-12(7-13(16(10)20)14-3-4-28-19(22)25-14)24-18(26)17-15(27-2)6-11(8-21)9-23-17/h5-7,9,14H,3-4H2,1-2H3,(H2,22,25)(H,24,26). The third-order valence-corrected chi connectivity index (χ3v) is 4.24. The third kappa shape index (κ3) is 3.86. The summed E-state index contributed by atoms with van der Waals surface area (Å²) < 4.78 is 24.9. The van der Waals surface area contributed by atoms with Crippen molar-refractivity contribution in [3.63, 3.8) is 0 Å². The van der Waals surface area contributed by atoms with Crippen LogP contribution < -0.4 is 15.8 Å². The van der Waals surface area contributed by atoms with E-state index < -0.39 is 17.8 Å². The number of aliphatic imine (C=N–C) groups is 1. The topological polar surface area (TPSA) is 123 Å². The molecule has 3 rings (SSSR count). The number of hydrogen-bond donors (Lipinski definition) is 2. The molecule has 1 aromatic heterocycles. The summed E-state index contributed by atoms with van der Waals surface area (Å²) in [5, 5.41) is 11.6. The van der Waals surface area contributed by atoms with Crippen molar-refractivity contribution >= 4 is 17.6 Å². The summed E-state index contributed by atoms with van der Waals surface area (Å²) in [6.45, 7) is 1.93. The van der Waals surface area contributed by atoms with Gasteiger partial charge in [0.1, 0.15) is 11.9 Å². The van der Waals surface area contributed by atoms with Crippen LogP contribution in [0.2, 0.25) is 0 Å². The Kier molecular flexibility index (Phi) is 5.40. The minimum Gasteiger partial charge on any atom is -0.494 e. The molecule has 0 bridgehead atoms. The van der Waals surface area contributed by atoms with Crippen LogP contribution in [0.3, 0.4) is 0 Å². The number of aryl methyl sites for hydroxylation is 1. The zero-order chi connectivity index (χ0) is 20.3. The summed E-state index contributed by atoms with van der Waals surface area (Å²) >= 11 is 0. The number of methoxy groups -OCH3 is 1. The zero-order valence-corrected chi connectivity index (χ0v) is 15.3. The highest BCUT2D eigenvalue weighted by Crippen LogP contribution is 2.31. The maximum absolute atomic E-state index is 14.6. The van der Waals surface area contributed by atoms with Crippen LogP contribution in [0, 0.1) is 24.1 Å². The molecule has 0 aliphatic carbocycles. The number of ether oxygens (including phenoxy) is 2. The van der Waals surface area contributed by atoms with E-state index in [1.807, 2.05) is 6.07 Å². The summed E-state index contributed by atoms with van der Waals surface area (Å²) in [5.74, 6) is -0.791. The third-order valence-electron chi connectivity index (χ3n) is 4.24. The second-order valence-electron chi connectivity index (χ2n) is 6.16. The molecule has 0 saturated heterocycles. The van der Waals surface area contributed by atoms with E-state index in [0.717, 1.165) is 0 Å².